The molecule has 136 valence electrons. The molecule has 4 rings (SSSR count). The zero-order valence-corrected chi connectivity index (χ0v) is 16.3. The van der Waals surface area contributed by atoms with E-state index in [0.717, 1.165) is 27.6 Å². The quantitative estimate of drug-likeness (QED) is 0.501. The normalized spacial score (nSPS) is 11.2. The van der Waals surface area contributed by atoms with Crippen LogP contribution in [0.1, 0.15) is 21.5 Å². The van der Waals surface area contributed by atoms with E-state index in [1.165, 1.54) is 10.9 Å². The molecule has 0 atom stereocenters. The number of para-hydroxylation sites is 1. The lowest BCUT2D eigenvalue weighted by Crippen LogP contribution is -2.21. The van der Waals surface area contributed by atoms with Gasteiger partial charge in [-0.2, -0.15) is 0 Å². The summed E-state index contributed by atoms with van der Waals surface area (Å²) in [6, 6.07) is 18.1. The molecule has 0 saturated heterocycles. The third-order valence-corrected chi connectivity index (χ3v) is 5.55. The van der Waals surface area contributed by atoms with Gasteiger partial charge in [0.25, 0.3) is 5.91 Å². The largest absolute Gasteiger partial charge is 0.345 e. The first kappa shape index (κ1) is 17.5. The zero-order valence-electron chi connectivity index (χ0n) is 15.5. The van der Waals surface area contributed by atoms with Gasteiger partial charge in [-0.1, -0.05) is 42.1 Å². The minimum atomic E-state index is 0.0134. The first-order chi connectivity index (χ1) is 13.0. The average molecular weight is 376 g/mol. The van der Waals surface area contributed by atoms with E-state index in [2.05, 4.69) is 45.8 Å². The molecule has 0 bridgehead atoms. The average Bonchev–Trinajstić information content (AvgIpc) is 3.09. The van der Waals surface area contributed by atoms with E-state index in [9.17, 15) is 4.79 Å². The van der Waals surface area contributed by atoms with E-state index >= 15 is 0 Å². The Kier molecular flexibility index (Phi) is 4.58. The number of aryl methyl sites for hydroxylation is 1. The molecule has 2 aromatic heterocycles. The number of nitrogens with zero attached hydrogens (tertiary/aromatic N) is 4. The van der Waals surface area contributed by atoms with Gasteiger partial charge in [-0.3, -0.25) is 9.20 Å². The highest BCUT2D eigenvalue weighted by molar-refractivity contribution is 7.98. The fourth-order valence-corrected chi connectivity index (χ4v) is 4.03. The number of carbonyl (C=O) groups is 1. The van der Waals surface area contributed by atoms with E-state index in [-0.39, 0.29) is 5.91 Å². The minimum Gasteiger partial charge on any atom is -0.345 e. The van der Waals surface area contributed by atoms with Crippen molar-refractivity contribution in [3.63, 3.8) is 0 Å². The number of aromatic nitrogens is 3. The molecular formula is C21H20N4OS. The van der Waals surface area contributed by atoms with E-state index in [1.807, 2.05) is 30.3 Å². The maximum atomic E-state index is 12.0. The Morgan fingerprint density at radius 3 is 2.56 bits per heavy atom. The van der Waals surface area contributed by atoms with Crippen LogP contribution in [-0.4, -0.2) is 39.5 Å². The molecule has 0 aliphatic rings. The van der Waals surface area contributed by atoms with Gasteiger partial charge in [0.2, 0.25) is 0 Å². The van der Waals surface area contributed by atoms with Gasteiger partial charge in [-0.25, -0.2) is 0 Å². The van der Waals surface area contributed by atoms with Crippen LogP contribution in [0.5, 0.6) is 0 Å². The topological polar surface area (TPSA) is 50.5 Å². The van der Waals surface area contributed by atoms with Crippen LogP contribution in [0.4, 0.5) is 0 Å². The van der Waals surface area contributed by atoms with Crippen molar-refractivity contribution in [3.8, 4) is 0 Å². The van der Waals surface area contributed by atoms with Crippen molar-refractivity contribution in [1.82, 2.24) is 19.5 Å². The standard InChI is InChI=1S/C21H20N4OS/c1-14-12-19-22-23-21(25(19)18-7-5-4-6-17(14)18)27-13-15-8-10-16(11-9-15)20(26)24(2)3/h4-12H,13H2,1-3H3. The third kappa shape index (κ3) is 3.28. The number of pyridine rings is 1. The lowest BCUT2D eigenvalue weighted by atomic mass is 10.1. The predicted molar refractivity (Wildman–Crippen MR) is 109 cm³/mol. The minimum absolute atomic E-state index is 0.0134. The molecule has 2 aromatic carbocycles. The van der Waals surface area contributed by atoms with Gasteiger partial charge in [-0.05, 0) is 42.3 Å². The maximum Gasteiger partial charge on any atom is 0.253 e. The van der Waals surface area contributed by atoms with Crippen LogP contribution in [0.15, 0.2) is 59.8 Å². The molecule has 0 fully saturated rings. The Labute approximate surface area is 162 Å². The van der Waals surface area contributed by atoms with Crippen LogP contribution in [0.25, 0.3) is 16.6 Å². The molecular weight excluding hydrogens is 356 g/mol. The number of hydrogen-bond donors (Lipinski definition) is 0. The molecule has 0 aliphatic carbocycles. The van der Waals surface area contributed by atoms with E-state index in [0.29, 0.717) is 5.56 Å². The first-order valence-corrected chi connectivity index (χ1v) is 9.70. The number of amides is 1. The molecule has 0 aliphatic heterocycles. The number of rotatable bonds is 4. The van der Waals surface area contributed by atoms with Crippen molar-refractivity contribution < 1.29 is 4.79 Å². The van der Waals surface area contributed by atoms with Gasteiger partial charge in [0.1, 0.15) is 0 Å². The van der Waals surface area contributed by atoms with Gasteiger partial charge >= 0.3 is 0 Å². The molecule has 27 heavy (non-hydrogen) atoms. The van der Waals surface area contributed by atoms with Crippen LogP contribution < -0.4 is 0 Å². The van der Waals surface area contributed by atoms with E-state index in [1.54, 1.807) is 30.8 Å². The molecule has 0 unspecified atom stereocenters. The zero-order chi connectivity index (χ0) is 19.0. The van der Waals surface area contributed by atoms with Crippen molar-refractivity contribution in [3.05, 3.63) is 71.3 Å². The Bertz CT molecular complexity index is 1130. The van der Waals surface area contributed by atoms with Crippen LogP contribution in [-0.2, 0) is 5.75 Å². The van der Waals surface area contributed by atoms with Gasteiger partial charge in [-0.15, -0.1) is 10.2 Å². The second-order valence-electron chi connectivity index (χ2n) is 6.71. The van der Waals surface area contributed by atoms with Gasteiger partial charge < -0.3 is 4.90 Å². The first-order valence-electron chi connectivity index (χ1n) is 8.71. The SMILES string of the molecule is Cc1cc2nnc(SCc3ccc(C(=O)N(C)C)cc3)n2c2ccccc12. The molecule has 6 heteroatoms. The molecule has 0 spiro atoms. The second-order valence-corrected chi connectivity index (χ2v) is 7.65. The van der Waals surface area contributed by atoms with Crippen molar-refractivity contribution in [2.24, 2.45) is 0 Å². The van der Waals surface area contributed by atoms with Crippen molar-refractivity contribution in [2.75, 3.05) is 14.1 Å². The molecule has 0 N–H and O–H groups in total. The van der Waals surface area contributed by atoms with Crippen molar-refractivity contribution >= 4 is 34.2 Å². The summed E-state index contributed by atoms with van der Waals surface area (Å²) in [5, 5.41) is 10.8. The lowest BCUT2D eigenvalue weighted by molar-refractivity contribution is 0.0827. The Balaban J connectivity index is 1.61. The number of fused-ring (bicyclic) bond motifs is 3. The molecule has 0 radical (unpaired) electrons. The van der Waals surface area contributed by atoms with E-state index in [4.69, 9.17) is 0 Å². The summed E-state index contributed by atoms with van der Waals surface area (Å²) in [5.41, 5.74) is 5.02. The van der Waals surface area contributed by atoms with Gasteiger partial charge in [0, 0.05) is 30.8 Å². The Morgan fingerprint density at radius 2 is 1.81 bits per heavy atom. The van der Waals surface area contributed by atoms with Crippen LogP contribution >= 0.6 is 11.8 Å². The Hall–Kier alpha value is -2.86. The second kappa shape index (κ2) is 7.04. The van der Waals surface area contributed by atoms with E-state index < -0.39 is 0 Å². The summed E-state index contributed by atoms with van der Waals surface area (Å²) in [6.07, 6.45) is 0. The highest BCUT2D eigenvalue weighted by Gasteiger charge is 2.12. The fourth-order valence-electron chi connectivity index (χ4n) is 3.12. The molecule has 5 nitrogen and oxygen atoms in total. The number of thioether (sulfide) groups is 1. The summed E-state index contributed by atoms with van der Waals surface area (Å²) in [6.45, 7) is 2.10. The van der Waals surface area contributed by atoms with Crippen molar-refractivity contribution in [2.45, 2.75) is 17.8 Å². The van der Waals surface area contributed by atoms with Crippen LogP contribution in [0, 0.1) is 6.92 Å². The predicted octanol–water partition coefficient (Wildman–Crippen LogP) is 4.19. The summed E-state index contributed by atoms with van der Waals surface area (Å²) >= 11 is 1.64. The maximum absolute atomic E-state index is 12.0. The fraction of sp³-hybridized carbons (Fsp3) is 0.190. The summed E-state index contributed by atoms with van der Waals surface area (Å²) in [7, 11) is 3.52. The smallest absolute Gasteiger partial charge is 0.253 e. The van der Waals surface area contributed by atoms with Gasteiger partial charge in [0.05, 0.1) is 5.52 Å². The lowest BCUT2D eigenvalue weighted by Gasteiger charge is -2.10. The van der Waals surface area contributed by atoms with Crippen molar-refractivity contribution in [1.29, 1.82) is 0 Å². The molecule has 2 heterocycles. The van der Waals surface area contributed by atoms with Crippen LogP contribution in [0.2, 0.25) is 0 Å². The summed E-state index contributed by atoms with van der Waals surface area (Å²) in [5.74, 6) is 0.777. The van der Waals surface area contributed by atoms with Crippen LogP contribution in [0.3, 0.4) is 0 Å². The molecule has 1 amide bonds. The summed E-state index contributed by atoms with van der Waals surface area (Å²) < 4.78 is 2.11. The summed E-state index contributed by atoms with van der Waals surface area (Å²) in [4.78, 5) is 13.6. The third-order valence-electron chi connectivity index (χ3n) is 4.55. The highest BCUT2D eigenvalue weighted by Crippen LogP contribution is 2.27. The molecule has 4 aromatic rings. The monoisotopic (exact) mass is 376 g/mol. The molecule has 0 saturated carbocycles. The van der Waals surface area contributed by atoms with Gasteiger partial charge in [0.15, 0.2) is 10.8 Å². The number of benzene rings is 2. The Morgan fingerprint density at radius 1 is 1.07 bits per heavy atom. The highest BCUT2D eigenvalue weighted by atomic mass is 32.2. The number of hydrogen-bond acceptors (Lipinski definition) is 4. The number of carbonyl (C=O) groups excluding carboxylic acids is 1.